The first kappa shape index (κ1) is 16.0. The van der Waals surface area contributed by atoms with Gasteiger partial charge in [-0.25, -0.2) is 0 Å². The number of pyridine rings is 1. The number of nitrogens with zero attached hydrogens (tertiary/aromatic N) is 2. The molecular formula is C13H22N2O3Si. The van der Waals surface area contributed by atoms with Crippen LogP contribution in [0, 0.1) is 0 Å². The predicted octanol–water partition coefficient (Wildman–Crippen LogP) is 2.09. The van der Waals surface area contributed by atoms with Gasteiger partial charge in [0.05, 0.1) is 5.69 Å². The number of aromatic nitrogens is 1. The van der Waals surface area contributed by atoms with Crippen molar-refractivity contribution >= 4 is 15.0 Å². The van der Waals surface area contributed by atoms with E-state index in [1.165, 1.54) is 0 Å². The number of hydrogen-bond acceptors (Lipinski definition) is 5. The van der Waals surface area contributed by atoms with Crippen LogP contribution in [0.4, 0.5) is 0 Å². The molecule has 0 saturated carbocycles. The van der Waals surface area contributed by atoms with Crippen molar-refractivity contribution in [1.82, 2.24) is 4.98 Å². The van der Waals surface area contributed by atoms with Crippen LogP contribution in [0.5, 0.6) is 0 Å². The second kappa shape index (κ2) is 8.92. The van der Waals surface area contributed by atoms with E-state index in [9.17, 15) is 0 Å². The lowest BCUT2D eigenvalue weighted by atomic mass is 10.4. The van der Waals surface area contributed by atoms with Crippen LogP contribution in [0.15, 0.2) is 29.4 Å². The van der Waals surface area contributed by atoms with Gasteiger partial charge in [0.2, 0.25) is 0 Å². The predicted molar refractivity (Wildman–Crippen MR) is 77.3 cm³/mol. The Bertz CT molecular complexity index is 356. The highest BCUT2D eigenvalue weighted by Crippen LogP contribution is 2.10. The molecule has 0 aliphatic carbocycles. The van der Waals surface area contributed by atoms with E-state index in [2.05, 4.69) is 9.98 Å². The fourth-order valence-electron chi connectivity index (χ4n) is 1.62. The molecule has 19 heavy (non-hydrogen) atoms. The van der Waals surface area contributed by atoms with E-state index in [0.717, 1.165) is 5.69 Å². The molecule has 1 aromatic heterocycles. The molecule has 0 aliphatic rings. The maximum atomic E-state index is 5.71. The topological polar surface area (TPSA) is 52.9 Å². The SMILES string of the molecule is CCO[Si](CN=Cc1ccccn1)(OCC)OCC. The quantitative estimate of drug-likeness (QED) is 0.514. The van der Waals surface area contributed by atoms with Gasteiger partial charge in [-0.1, -0.05) is 6.07 Å². The number of rotatable bonds is 9. The Kier molecular flexibility index (Phi) is 7.50. The van der Waals surface area contributed by atoms with Gasteiger partial charge < -0.3 is 13.3 Å². The van der Waals surface area contributed by atoms with Gasteiger partial charge >= 0.3 is 8.80 Å². The first-order chi connectivity index (χ1) is 9.26. The summed E-state index contributed by atoms with van der Waals surface area (Å²) in [5, 5.41) is 0. The van der Waals surface area contributed by atoms with Crippen LogP contribution in [-0.2, 0) is 13.3 Å². The van der Waals surface area contributed by atoms with E-state index in [0.29, 0.717) is 26.0 Å². The number of aliphatic imine (C=N–C) groups is 1. The van der Waals surface area contributed by atoms with E-state index in [1.807, 2.05) is 39.0 Å². The third-order valence-corrected chi connectivity index (χ3v) is 5.04. The molecule has 1 rings (SSSR count). The highest BCUT2D eigenvalue weighted by atomic mass is 28.4. The first-order valence-corrected chi connectivity index (χ1v) is 8.52. The minimum absolute atomic E-state index is 0.416. The molecule has 0 unspecified atom stereocenters. The van der Waals surface area contributed by atoms with Crippen LogP contribution in [0.2, 0.25) is 0 Å². The molecule has 6 heteroatoms. The lowest BCUT2D eigenvalue weighted by Crippen LogP contribution is -2.49. The average Bonchev–Trinajstić information content (AvgIpc) is 2.41. The second-order valence-electron chi connectivity index (χ2n) is 3.71. The van der Waals surface area contributed by atoms with Crippen molar-refractivity contribution in [2.24, 2.45) is 4.99 Å². The zero-order valence-corrected chi connectivity index (χ0v) is 12.8. The van der Waals surface area contributed by atoms with Crippen molar-refractivity contribution in [3.05, 3.63) is 30.1 Å². The highest BCUT2D eigenvalue weighted by Gasteiger charge is 2.40. The van der Waals surface area contributed by atoms with Crippen LogP contribution in [0.25, 0.3) is 0 Å². The fraction of sp³-hybridized carbons (Fsp3) is 0.538. The summed E-state index contributed by atoms with van der Waals surface area (Å²) in [5.41, 5.74) is 0.815. The molecule has 0 fully saturated rings. The Morgan fingerprint density at radius 3 is 2.21 bits per heavy atom. The maximum Gasteiger partial charge on any atom is 0.523 e. The zero-order chi connectivity index (χ0) is 14.0. The minimum Gasteiger partial charge on any atom is -0.373 e. The van der Waals surface area contributed by atoms with Crippen LogP contribution in [0.1, 0.15) is 26.5 Å². The Balaban J connectivity index is 2.68. The third kappa shape index (κ3) is 5.60. The second-order valence-corrected chi connectivity index (χ2v) is 6.25. The fourth-order valence-corrected chi connectivity index (χ4v) is 3.78. The molecule has 1 aromatic rings. The first-order valence-electron chi connectivity index (χ1n) is 6.59. The monoisotopic (exact) mass is 282 g/mol. The minimum atomic E-state index is -2.68. The van der Waals surface area contributed by atoms with E-state index in [1.54, 1.807) is 12.4 Å². The van der Waals surface area contributed by atoms with Gasteiger partial charge in [-0.3, -0.25) is 9.98 Å². The van der Waals surface area contributed by atoms with E-state index >= 15 is 0 Å². The summed E-state index contributed by atoms with van der Waals surface area (Å²) in [4.78, 5) is 8.55. The van der Waals surface area contributed by atoms with Gasteiger partial charge in [0.25, 0.3) is 0 Å². The Morgan fingerprint density at radius 1 is 1.11 bits per heavy atom. The third-order valence-electron chi connectivity index (χ3n) is 2.29. The van der Waals surface area contributed by atoms with Crippen molar-refractivity contribution in [3.8, 4) is 0 Å². The molecule has 0 spiro atoms. The zero-order valence-electron chi connectivity index (χ0n) is 11.8. The molecule has 0 bridgehead atoms. The summed E-state index contributed by atoms with van der Waals surface area (Å²) in [6.07, 6.45) is 3.87. The highest BCUT2D eigenvalue weighted by molar-refractivity contribution is 6.61. The maximum absolute atomic E-state index is 5.71. The van der Waals surface area contributed by atoms with Crippen molar-refractivity contribution < 1.29 is 13.3 Å². The molecular weight excluding hydrogens is 260 g/mol. The molecule has 1 heterocycles. The lowest BCUT2D eigenvalue weighted by molar-refractivity contribution is 0.0730. The van der Waals surface area contributed by atoms with Crippen LogP contribution >= 0.6 is 0 Å². The summed E-state index contributed by atoms with van der Waals surface area (Å²) in [7, 11) is -2.68. The summed E-state index contributed by atoms with van der Waals surface area (Å²) in [6, 6.07) is 5.69. The molecule has 0 saturated heterocycles. The van der Waals surface area contributed by atoms with Crippen molar-refractivity contribution in [2.45, 2.75) is 20.8 Å². The standard InChI is InChI=1S/C13H22N2O3Si/c1-4-16-19(17-5-2,18-6-3)12-14-11-13-9-7-8-10-15-13/h7-11H,4-6,12H2,1-3H3. The average molecular weight is 282 g/mol. The van der Waals surface area contributed by atoms with Gasteiger partial charge in [0.1, 0.15) is 6.17 Å². The Morgan fingerprint density at radius 2 is 1.74 bits per heavy atom. The molecule has 106 valence electrons. The normalized spacial score (nSPS) is 12.2. The van der Waals surface area contributed by atoms with Crippen molar-refractivity contribution in [3.63, 3.8) is 0 Å². The summed E-state index contributed by atoms with van der Waals surface area (Å²) in [5.74, 6) is 0. The number of hydrogen-bond donors (Lipinski definition) is 0. The van der Waals surface area contributed by atoms with Crippen LogP contribution < -0.4 is 0 Å². The van der Waals surface area contributed by atoms with Gasteiger partial charge in [0, 0.05) is 32.2 Å². The van der Waals surface area contributed by atoms with Gasteiger partial charge in [-0.05, 0) is 32.9 Å². The molecule has 0 atom stereocenters. The Labute approximate surface area is 116 Å². The molecule has 0 N–H and O–H groups in total. The largest absolute Gasteiger partial charge is 0.523 e. The van der Waals surface area contributed by atoms with Gasteiger partial charge in [-0.15, -0.1) is 0 Å². The molecule has 5 nitrogen and oxygen atoms in total. The van der Waals surface area contributed by atoms with Gasteiger partial charge in [-0.2, -0.15) is 0 Å². The van der Waals surface area contributed by atoms with Crippen molar-refractivity contribution in [2.75, 3.05) is 26.0 Å². The summed E-state index contributed by atoms with van der Waals surface area (Å²) < 4.78 is 17.1. The van der Waals surface area contributed by atoms with E-state index in [4.69, 9.17) is 13.3 Å². The molecule has 0 aliphatic heterocycles. The molecule has 0 aromatic carbocycles. The summed E-state index contributed by atoms with van der Waals surface area (Å²) in [6.45, 7) is 7.48. The summed E-state index contributed by atoms with van der Waals surface area (Å²) >= 11 is 0. The van der Waals surface area contributed by atoms with E-state index in [-0.39, 0.29) is 0 Å². The smallest absolute Gasteiger partial charge is 0.373 e. The van der Waals surface area contributed by atoms with Crippen LogP contribution in [0.3, 0.4) is 0 Å². The van der Waals surface area contributed by atoms with Gasteiger partial charge in [0.15, 0.2) is 0 Å². The van der Waals surface area contributed by atoms with E-state index < -0.39 is 8.80 Å². The molecule has 0 radical (unpaired) electrons. The van der Waals surface area contributed by atoms with Crippen LogP contribution in [-0.4, -0.2) is 46.0 Å². The Hall–Kier alpha value is -1.08. The van der Waals surface area contributed by atoms with Crippen molar-refractivity contribution in [1.29, 1.82) is 0 Å². The molecule has 0 amide bonds. The lowest BCUT2D eigenvalue weighted by Gasteiger charge is -2.26.